The highest BCUT2D eigenvalue weighted by atomic mass is 19.1. The Morgan fingerprint density at radius 2 is 1.96 bits per heavy atom. The van der Waals surface area contributed by atoms with Crippen LogP contribution < -0.4 is 10.6 Å². The van der Waals surface area contributed by atoms with Gasteiger partial charge in [-0.05, 0) is 61.1 Å². The van der Waals surface area contributed by atoms with Crippen molar-refractivity contribution >= 4 is 23.5 Å². The Labute approximate surface area is 161 Å². The number of carbonyl (C=O) groups is 3. The number of halogens is 1. The van der Waals surface area contributed by atoms with Crippen LogP contribution in [0.5, 0.6) is 0 Å². The van der Waals surface area contributed by atoms with E-state index in [0.29, 0.717) is 5.56 Å². The molecule has 1 fully saturated rings. The number of benzene rings is 2. The number of rotatable bonds is 4. The first-order valence-corrected chi connectivity index (χ1v) is 9.18. The number of fused-ring (bicyclic) bond motifs is 1. The molecule has 4 amide bonds. The maximum absolute atomic E-state index is 13.3. The lowest BCUT2D eigenvalue weighted by atomic mass is 9.89. The van der Waals surface area contributed by atoms with Crippen LogP contribution in [0.3, 0.4) is 0 Å². The molecule has 0 spiro atoms. The molecule has 1 heterocycles. The van der Waals surface area contributed by atoms with Crippen LogP contribution in [0, 0.1) is 5.82 Å². The number of aryl methyl sites for hydroxylation is 2. The summed E-state index contributed by atoms with van der Waals surface area (Å²) in [5.74, 6) is -1.55. The maximum atomic E-state index is 13.3. The first-order chi connectivity index (χ1) is 13.4. The number of carbonyl (C=O) groups excluding carboxylic acids is 3. The third kappa shape index (κ3) is 3.13. The lowest BCUT2D eigenvalue weighted by molar-refractivity contribution is -0.133. The number of anilines is 1. The van der Waals surface area contributed by atoms with Gasteiger partial charge >= 0.3 is 6.03 Å². The molecule has 0 bridgehead atoms. The van der Waals surface area contributed by atoms with Gasteiger partial charge in [-0.15, -0.1) is 0 Å². The van der Waals surface area contributed by atoms with Crippen molar-refractivity contribution < 1.29 is 18.8 Å². The topological polar surface area (TPSA) is 78.5 Å². The summed E-state index contributed by atoms with van der Waals surface area (Å²) >= 11 is 0. The van der Waals surface area contributed by atoms with Gasteiger partial charge in [0.25, 0.3) is 5.91 Å². The Bertz CT molecular complexity index is 991. The zero-order valence-electron chi connectivity index (χ0n) is 15.4. The van der Waals surface area contributed by atoms with E-state index in [-0.39, 0.29) is 5.69 Å². The van der Waals surface area contributed by atoms with Crippen molar-refractivity contribution in [1.82, 2.24) is 10.2 Å². The average Bonchev–Trinajstić information content (AvgIpc) is 3.20. The smallest absolute Gasteiger partial charge is 0.324 e. The van der Waals surface area contributed by atoms with E-state index in [4.69, 9.17) is 0 Å². The fourth-order valence-corrected chi connectivity index (χ4v) is 3.83. The second kappa shape index (κ2) is 6.74. The van der Waals surface area contributed by atoms with Gasteiger partial charge in [0.05, 0.1) is 0 Å². The highest BCUT2D eigenvalue weighted by molar-refractivity contribution is 6.10. The van der Waals surface area contributed by atoms with Crippen LogP contribution in [0.2, 0.25) is 0 Å². The molecule has 0 saturated carbocycles. The third-order valence-corrected chi connectivity index (χ3v) is 5.36. The minimum absolute atomic E-state index is 0.262. The van der Waals surface area contributed by atoms with E-state index in [0.717, 1.165) is 24.2 Å². The number of urea groups is 1. The van der Waals surface area contributed by atoms with Gasteiger partial charge in [0, 0.05) is 5.69 Å². The summed E-state index contributed by atoms with van der Waals surface area (Å²) in [6, 6.07) is 10.6. The van der Waals surface area contributed by atoms with Crippen LogP contribution in [-0.4, -0.2) is 29.3 Å². The Kier molecular flexibility index (Phi) is 4.37. The molecule has 2 aromatic rings. The van der Waals surface area contributed by atoms with Crippen molar-refractivity contribution in [2.75, 3.05) is 11.9 Å². The standard InChI is InChI=1S/C21H20FN3O3/c1-21(15-9-8-13-4-2-5-14(13)10-15)19(27)25(20(28)24-21)12-18(26)23-17-7-3-6-16(22)11-17/h3,6-11H,2,4-5,12H2,1H3,(H,23,26)(H,24,28). The number of hydrogen-bond donors (Lipinski definition) is 2. The van der Waals surface area contributed by atoms with Crippen LogP contribution in [0.25, 0.3) is 0 Å². The quantitative estimate of drug-likeness (QED) is 0.800. The SMILES string of the molecule is CC1(c2ccc3c(c2)CCC3)NC(=O)N(CC(=O)Nc2cccc(F)c2)C1=O. The largest absolute Gasteiger partial charge is 0.325 e. The molecule has 2 N–H and O–H groups in total. The Morgan fingerprint density at radius 3 is 2.75 bits per heavy atom. The number of amides is 4. The molecule has 0 radical (unpaired) electrons. The minimum Gasteiger partial charge on any atom is -0.324 e. The normalized spacial score (nSPS) is 20.9. The summed E-state index contributed by atoms with van der Waals surface area (Å²) in [6.45, 7) is 1.20. The van der Waals surface area contributed by atoms with Crippen LogP contribution in [0.4, 0.5) is 14.9 Å². The van der Waals surface area contributed by atoms with E-state index in [1.165, 1.54) is 35.4 Å². The predicted octanol–water partition coefficient (Wildman–Crippen LogP) is 2.72. The molecule has 1 saturated heterocycles. The van der Waals surface area contributed by atoms with Crippen molar-refractivity contribution in [2.45, 2.75) is 31.7 Å². The fraction of sp³-hybridized carbons (Fsp3) is 0.286. The Morgan fingerprint density at radius 1 is 1.18 bits per heavy atom. The molecule has 2 aromatic carbocycles. The first-order valence-electron chi connectivity index (χ1n) is 9.18. The summed E-state index contributed by atoms with van der Waals surface area (Å²) < 4.78 is 13.3. The lowest BCUT2D eigenvalue weighted by Gasteiger charge is -2.23. The monoisotopic (exact) mass is 381 g/mol. The molecule has 1 atom stereocenters. The predicted molar refractivity (Wildman–Crippen MR) is 101 cm³/mol. The van der Waals surface area contributed by atoms with Crippen LogP contribution in [-0.2, 0) is 28.0 Å². The molecule has 4 rings (SSSR count). The summed E-state index contributed by atoms with van der Waals surface area (Å²) in [5, 5.41) is 5.21. The van der Waals surface area contributed by atoms with Gasteiger partial charge in [-0.2, -0.15) is 0 Å². The van der Waals surface area contributed by atoms with E-state index in [2.05, 4.69) is 10.6 Å². The average molecular weight is 381 g/mol. The second-order valence-electron chi connectivity index (χ2n) is 7.34. The highest BCUT2D eigenvalue weighted by Gasteiger charge is 2.49. The molecule has 2 aliphatic rings. The van der Waals surface area contributed by atoms with Gasteiger partial charge in [-0.3, -0.25) is 14.5 Å². The summed E-state index contributed by atoms with van der Waals surface area (Å²) in [6.07, 6.45) is 3.07. The van der Waals surface area contributed by atoms with E-state index < -0.39 is 35.7 Å². The number of nitrogens with one attached hydrogen (secondary N) is 2. The van der Waals surface area contributed by atoms with Gasteiger partial charge < -0.3 is 10.6 Å². The van der Waals surface area contributed by atoms with E-state index in [9.17, 15) is 18.8 Å². The number of hydrogen-bond acceptors (Lipinski definition) is 3. The molecular weight excluding hydrogens is 361 g/mol. The Balaban J connectivity index is 1.51. The van der Waals surface area contributed by atoms with Gasteiger partial charge in [-0.1, -0.05) is 24.3 Å². The van der Waals surface area contributed by atoms with Crippen LogP contribution >= 0.6 is 0 Å². The molecule has 0 aromatic heterocycles. The zero-order chi connectivity index (χ0) is 19.9. The molecule has 1 aliphatic carbocycles. The molecule has 6 nitrogen and oxygen atoms in total. The first kappa shape index (κ1) is 18.2. The van der Waals surface area contributed by atoms with Crippen molar-refractivity contribution in [3.05, 3.63) is 65.0 Å². The van der Waals surface area contributed by atoms with Crippen molar-refractivity contribution in [3.8, 4) is 0 Å². The van der Waals surface area contributed by atoms with Gasteiger partial charge in [-0.25, -0.2) is 9.18 Å². The summed E-state index contributed by atoms with van der Waals surface area (Å²) in [5.41, 5.74) is 2.23. The molecule has 1 unspecified atom stereocenters. The van der Waals surface area contributed by atoms with Crippen molar-refractivity contribution in [3.63, 3.8) is 0 Å². The summed E-state index contributed by atoms with van der Waals surface area (Å²) in [4.78, 5) is 38.5. The molecule has 28 heavy (non-hydrogen) atoms. The zero-order valence-corrected chi connectivity index (χ0v) is 15.4. The van der Waals surface area contributed by atoms with E-state index in [1.54, 1.807) is 6.92 Å². The van der Waals surface area contributed by atoms with E-state index in [1.807, 2.05) is 18.2 Å². The van der Waals surface area contributed by atoms with Gasteiger partial charge in [0.1, 0.15) is 17.9 Å². The summed E-state index contributed by atoms with van der Waals surface area (Å²) in [7, 11) is 0. The molecular formula is C21H20FN3O3. The fourth-order valence-electron chi connectivity index (χ4n) is 3.83. The highest BCUT2D eigenvalue weighted by Crippen LogP contribution is 2.32. The number of imide groups is 1. The van der Waals surface area contributed by atoms with Crippen LogP contribution in [0.15, 0.2) is 42.5 Å². The molecule has 1 aliphatic heterocycles. The maximum Gasteiger partial charge on any atom is 0.325 e. The number of nitrogens with zero attached hydrogens (tertiary/aromatic N) is 1. The Hall–Kier alpha value is -3.22. The van der Waals surface area contributed by atoms with Crippen molar-refractivity contribution in [1.29, 1.82) is 0 Å². The second-order valence-corrected chi connectivity index (χ2v) is 7.34. The van der Waals surface area contributed by atoms with Gasteiger partial charge in [0.2, 0.25) is 5.91 Å². The van der Waals surface area contributed by atoms with Crippen LogP contribution in [0.1, 0.15) is 30.0 Å². The molecule has 144 valence electrons. The van der Waals surface area contributed by atoms with Gasteiger partial charge in [0.15, 0.2) is 0 Å². The molecule has 7 heteroatoms. The lowest BCUT2D eigenvalue weighted by Crippen LogP contribution is -2.42. The van der Waals surface area contributed by atoms with E-state index >= 15 is 0 Å². The minimum atomic E-state index is -1.21. The van der Waals surface area contributed by atoms with Crippen molar-refractivity contribution in [2.24, 2.45) is 0 Å². The third-order valence-electron chi connectivity index (χ3n) is 5.36.